The Labute approximate surface area is 177 Å². The number of hydrogen-bond donors (Lipinski definition) is 2. The number of hydrogen-bond acceptors (Lipinski definition) is 5. The Morgan fingerprint density at radius 3 is 3.03 bits per heavy atom. The summed E-state index contributed by atoms with van der Waals surface area (Å²) < 4.78 is 11.1. The first-order chi connectivity index (χ1) is 14.6. The fourth-order valence-corrected chi connectivity index (χ4v) is 3.91. The summed E-state index contributed by atoms with van der Waals surface area (Å²) in [4.78, 5) is 34.2. The summed E-state index contributed by atoms with van der Waals surface area (Å²) in [6, 6.07) is 10.4. The normalized spacial score (nSPS) is 18.4. The molecule has 1 atom stereocenters. The van der Waals surface area contributed by atoms with Gasteiger partial charge >= 0.3 is 0 Å². The third-order valence-electron chi connectivity index (χ3n) is 5.18. The molecule has 2 N–H and O–H groups in total. The zero-order valence-corrected chi connectivity index (χ0v) is 16.7. The maximum Gasteiger partial charge on any atom is 0.265 e. The molecule has 5 rings (SSSR count). The standard InChI is InChI=1S/C21H19ClN4O4/c22-12-3-6-17-16(8-12)26(20(28)11-30-17)10-19(27)23-13-4-5-14-15(9-13)25-21(24-14)18-2-1-7-29-18/h3-6,8-9,18H,1-2,7,10-11H2,(H,23,27)(H,24,25)/t18-/m0/s1. The molecule has 8 nitrogen and oxygen atoms in total. The molecule has 0 saturated carbocycles. The molecule has 3 aromatic rings. The largest absolute Gasteiger partial charge is 0.482 e. The van der Waals surface area contributed by atoms with Crippen LogP contribution in [0.15, 0.2) is 36.4 Å². The predicted octanol–water partition coefficient (Wildman–Crippen LogP) is 3.43. The summed E-state index contributed by atoms with van der Waals surface area (Å²) >= 11 is 6.05. The summed E-state index contributed by atoms with van der Waals surface area (Å²) in [5.41, 5.74) is 2.73. The van der Waals surface area contributed by atoms with Crippen molar-refractivity contribution >= 4 is 45.8 Å². The van der Waals surface area contributed by atoms with Crippen LogP contribution in [-0.2, 0) is 14.3 Å². The van der Waals surface area contributed by atoms with Crippen molar-refractivity contribution in [3.63, 3.8) is 0 Å². The molecule has 2 aliphatic heterocycles. The highest BCUT2D eigenvalue weighted by atomic mass is 35.5. The number of carbonyl (C=O) groups excluding carboxylic acids is 2. The molecule has 1 fully saturated rings. The molecule has 1 aromatic heterocycles. The quantitative estimate of drug-likeness (QED) is 0.666. The molecule has 2 aliphatic rings. The van der Waals surface area contributed by atoms with E-state index >= 15 is 0 Å². The molecule has 2 amide bonds. The number of nitrogens with zero attached hydrogens (tertiary/aromatic N) is 2. The molecule has 2 aromatic carbocycles. The zero-order chi connectivity index (χ0) is 20.7. The fraction of sp³-hybridized carbons (Fsp3) is 0.286. The average molecular weight is 427 g/mol. The number of rotatable bonds is 4. The van der Waals surface area contributed by atoms with Gasteiger partial charge in [-0.3, -0.25) is 14.5 Å². The lowest BCUT2D eigenvalue weighted by molar-refractivity contribution is -0.123. The molecule has 0 unspecified atom stereocenters. The van der Waals surface area contributed by atoms with E-state index in [9.17, 15) is 9.59 Å². The van der Waals surface area contributed by atoms with Crippen molar-refractivity contribution < 1.29 is 19.1 Å². The summed E-state index contributed by atoms with van der Waals surface area (Å²) in [5, 5.41) is 3.30. The Morgan fingerprint density at radius 1 is 1.30 bits per heavy atom. The Morgan fingerprint density at radius 2 is 2.20 bits per heavy atom. The topological polar surface area (TPSA) is 96.6 Å². The molecular weight excluding hydrogens is 408 g/mol. The van der Waals surface area contributed by atoms with Crippen molar-refractivity contribution in [2.75, 3.05) is 30.0 Å². The van der Waals surface area contributed by atoms with Crippen LogP contribution in [0.3, 0.4) is 0 Å². The lowest BCUT2D eigenvalue weighted by atomic mass is 10.2. The zero-order valence-electron chi connectivity index (χ0n) is 16.0. The van der Waals surface area contributed by atoms with Gasteiger partial charge in [-0.1, -0.05) is 11.6 Å². The molecule has 0 aliphatic carbocycles. The Hall–Kier alpha value is -3.10. The molecule has 3 heterocycles. The maximum absolute atomic E-state index is 12.6. The number of anilines is 2. The Bertz CT molecular complexity index is 1140. The highest BCUT2D eigenvalue weighted by molar-refractivity contribution is 6.31. The number of H-pyrrole nitrogens is 1. The predicted molar refractivity (Wildman–Crippen MR) is 112 cm³/mol. The minimum absolute atomic E-state index is 0.00494. The van der Waals surface area contributed by atoms with Crippen molar-refractivity contribution in [3.8, 4) is 5.75 Å². The number of halogens is 1. The van der Waals surface area contributed by atoms with Crippen LogP contribution in [0.4, 0.5) is 11.4 Å². The van der Waals surface area contributed by atoms with Gasteiger partial charge in [-0.15, -0.1) is 0 Å². The molecule has 0 spiro atoms. The van der Waals surface area contributed by atoms with Gasteiger partial charge in [-0.05, 0) is 49.2 Å². The summed E-state index contributed by atoms with van der Waals surface area (Å²) in [6.07, 6.45) is 1.97. The van der Waals surface area contributed by atoms with Crippen molar-refractivity contribution in [2.45, 2.75) is 18.9 Å². The van der Waals surface area contributed by atoms with E-state index in [0.717, 1.165) is 36.3 Å². The summed E-state index contributed by atoms with van der Waals surface area (Å²) in [7, 11) is 0. The third kappa shape index (κ3) is 3.59. The highest BCUT2D eigenvalue weighted by Crippen LogP contribution is 2.34. The second-order valence-electron chi connectivity index (χ2n) is 7.28. The van der Waals surface area contributed by atoms with Crippen LogP contribution in [0.5, 0.6) is 5.75 Å². The van der Waals surface area contributed by atoms with Crippen molar-refractivity contribution in [3.05, 3.63) is 47.2 Å². The molecular formula is C21H19ClN4O4. The molecule has 1 saturated heterocycles. The number of imidazole rings is 1. The van der Waals surface area contributed by atoms with Gasteiger partial charge < -0.3 is 19.8 Å². The van der Waals surface area contributed by atoms with Gasteiger partial charge in [0.15, 0.2) is 6.61 Å². The van der Waals surface area contributed by atoms with Gasteiger partial charge in [-0.2, -0.15) is 0 Å². The van der Waals surface area contributed by atoms with Crippen LogP contribution in [0, 0.1) is 0 Å². The second-order valence-corrected chi connectivity index (χ2v) is 7.72. The van der Waals surface area contributed by atoms with Gasteiger partial charge in [0.2, 0.25) is 5.91 Å². The minimum Gasteiger partial charge on any atom is -0.482 e. The number of benzene rings is 2. The summed E-state index contributed by atoms with van der Waals surface area (Å²) in [6.45, 7) is 0.489. The average Bonchev–Trinajstić information content (AvgIpc) is 3.39. The SMILES string of the molecule is O=C(CN1C(=O)COc2ccc(Cl)cc21)Nc1ccc2nc([C@@H]3CCCO3)[nH]c2c1. The number of ether oxygens (including phenoxy) is 2. The fourth-order valence-electron chi connectivity index (χ4n) is 3.75. The number of fused-ring (bicyclic) bond motifs is 2. The molecule has 154 valence electrons. The van der Waals surface area contributed by atoms with E-state index in [1.54, 1.807) is 24.3 Å². The first kappa shape index (κ1) is 18.9. The monoisotopic (exact) mass is 426 g/mol. The highest BCUT2D eigenvalue weighted by Gasteiger charge is 2.28. The van der Waals surface area contributed by atoms with Crippen molar-refractivity contribution in [1.82, 2.24) is 9.97 Å². The lowest BCUT2D eigenvalue weighted by Crippen LogP contribution is -2.43. The second kappa shape index (κ2) is 7.62. The molecule has 0 radical (unpaired) electrons. The van der Waals surface area contributed by atoms with E-state index < -0.39 is 0 Å². The van der Waals surface area contributed by atoms with E-state index in [1.807, 2.05) is 12.1 Å². The van der Waals surface area contributed by atoms with Gasteiger partial charge in [0.05, 0.1) is 16.7 Å². The number of aromatic nitrogens is 2. The smallest absolute Gasteiger partial charge is 0.265 e. The summed E-state index contributed by atoms with van der Waals surface area (Å²) in [5.74, 6) is 0.699. The number of nitrogens with one attached hydrogen (secondary N) is 2. The van der Waals surface area contributed by atoms with Gasteiger partial charge in [-0.25, -0.2) is 4.98 Å². The van der Waals surface area contributed by atoms with Gasteiger partial charge in [0, 0.05) is 17.3 Å². The maximum atomic E-state index is 12.6. The molecule has 9 heteroatoms. The number of amides is 2. The first-order valence-corrected chi connectivity index (χ1v) is 10.1. The van der Waals surface area contributed by atoms with Crippen LogP contribution >= 0.6 is 11.6 Å². The third-order valence-corrected chi connectivity index (χ3v) is 5.42. The van der Waals surface area contributed by atoms with Crippen LogP contribution in [0.1, 0.15) is 24.8 Å². The Balaban J connectivity index is 1.32. The van der Waals surface area contributed by atoms with E-state index in [0.29, 0.717) is 22.1 Å². The van der Waals surface area contributed by atoms with Crippen molar-refractivity contribution in [1.29, 1.82) is 0 Å². The van der Waals surface area contributed by atoms with Crippen LogP contribution in [0.2, 0.25) is 5.02 Å². The van der Waals surface area contributed by atoms with E-state index in [2.05, 4.69) is 15.3 Å². The number of carbonyl (C=O) groups is 2. The minimum atomic E-state index is -0.325. The molecule has 0 bridgehead atoms. The van der Waals surface area contributed by atoms with E-state index in [1.165, 1.54) is 4.90 Å². The first-order valence-electron chi connectivity index (χ1n) is 9.71. The van der Waals surface area contributed by atoms with Gasteiger partial charge in [0.25, 0.3) is 5.91 Å². The van der Waals surface area contributed by atoms with E-state index in [4.69, 9.17) is 21.1 Å². The van der Waals surface area contributed by atoms with Crippen LogP contribution in [0.25, 0.3) is 11.0 Å². The lowest BCUT2D eigenvalue weighted by Gasteiger charge is -2.29. The van der Waals surface area contributed by atoms with Crippen LogP contribution in [-0.4, -0.2) is 41.5 Å². The van der Waals surface area contributed by atoms with Crippen LogP contribution < -0.4 is 15.0 Å². The van der Waals surface area contributed by atoms with Gasteiger partial charge in [0.1, 0.15) is 24.2 Å². The Kier molecular flexibility index (Phi) is 4.80. The molecule has 30 heavy (non-hydrogen) atoms. The number of aromatic amines is 1. The van der Waals surface area contributed by atoms with Crippen molar-refractivity contribution in [2.24, 2.45) is 0 Å². The van der Waals surface area contributed by atoms with E-state index in [-0.39, 0.29) is 31.1 Å².